The van der Waals surface area contributed by atoms with Gasteiger partial charge in [0.05, 0.1) is 5.66 Å². The summed E-state index contributed by atoms with van der Waals surface area (Å²) in [4.78, 5) is 36.6. The third-order valence-electron chi connectivity index (χ3n) is 5.49. The molecule has 2 saturated carbocycles. The first-order valence-electron chi connectivity index (χ1n) is 7.95. The van der Waals surface area contributed by atoms with Crippen LogP contribution in [0.2, 0.25) is 0 Å². The maximum Gasteiger partial charge on any atom is 0.241 e. The smallest absolute Gasteiger partial charge is 0.241 e. The van der Waals surface area contributed by atoms with Crippen LogP contribution in [0.1, 0.15) is 44.9 Å². The summed E-state index contributed by atoms with van der Waals surface area (Å²) in [5, 5.41) is 6.68. The van der Waals surface area contributed by atoms with Crippen LogP contribution in [0.5, 0.6) is 0 Å². The van der Waals surface area contributed by atoms with Gasteiger partial charge in [0.15, 0.2) is 0 Å². The van der Waals surface area contributed by atoms with E-state index in [9.17, 15) is 14.4 Å². The minimum absolute atomic E-state index is 0.124. The minimum atomic E-state index is -0.294. The molecule has 0 radical (unpaired) electrons. The van der Waals surface area contributed by atoms with Crippen LogP contribution in [-0.4, -0.2) is 40.9 Å². The molecule has 6 nitrogen and oxygen atoms in total. The van der Waals surface area contributed by atoms with Gasteiger partial charge in [-0.15, -0.1) is 0 Å². The second-order valence-electron chi connectivity index (χ2n) is 7.19. The highest BCUT2D eigenvalue weighted by Crippen LogP contribution is 2.48. The number of carbonyl (C=O) groups is 3. The number of nitrogens with one attached hydrogen (secondary N) is 2. The Morgan fingerprint density at radius 3 is 2.33 bits per heavy atom. The van der Waals surface area contributed by atoms with Crippen LogP contribution in [0, 0.1) is 11.8 Å². The van der Waals surface area contributed by atoms with Crippen LogP contribution in [0.15, 0.2) is 0 Å². The number of piperidine rings is 2. The normalized spacial score (nSPS) is 41.0. The topological polar surface area (TPSA) is 78.5 Å². The summed E-state index contributed by atoms with van der Waals surface area (Å²) in [6.45, 7) is -0.124. The van der Waals surface area contributed by atoms with Gasteiger partial charge in [-0.05, 0) is 43.9 Å². The standard InChI is InChI=1S/C15H21N3O3/c19-12(8-18-13(20)1-2-14(18)21)17-15-6-9-3-10(7-15)5-11(4-9)16-15/h9-11,16H,1-8H2,(H,17,19). The Morgan fingerprint density at radius 2 is 1.76 bits per heavy atom. The third-order valence-corrected chi connectivity index (χ3v) is 5.49. The lowest BCUT2D eigenvalue weighted by atomic mass is 9.62. The molecule has 0 aromatic rings. The number of rotatable bonds is 3. The first-order chi connectivity index (χ1) is 10.0. The molecule has 0 aromatic carbocycles. The fourth-order valence-corrected chi connectivity index (χ4v) is 4.98. The number of imide groups is 1. The molecule has 2 unspecified atom stereocenters. The van der Waals surface area contributed by atoms with E-state index in [2.05, 4.69) is 10.6 Å². The summed E-state index contributed by atoms with van der Waals surface area (Å²) in [6, 6.07) is 0.520. The predicted molar refractivity (Wildman–Crippen MR) is 73.8 cm³/mol. The molecular formula is C15H21N3O3. The first-order valence-corrected chi connectivity index (χ1v) is 7.95. The van der Waals surface area contributed by atoms with Crippen LogP contribution in [0.4, 0.5) is 0 Å². The average molecular weight is 291 g/mol. The number of nitrogens with zero attached hydrogens (tertiary/aromatic N) is 1. The van der Waals surface area contributed by atoms with Crippen molar-refractivity contribution >= 4 is 17.7 Å². The van der Waals surface area contributed by atoms with Crippen molar-refractivity contribution in [2.24, 2.45) is 11.8 Å². The lowest BCUT2D eigenvalue weighted by Crippen LogP contribution is -2.71. The first kappa shape index (κ1) is 13.2. The molecule has 5 aliphatic rings. The quantitative estimate of drug-likeness (QED) is 0.725. The molecular weight excluding hydrogens is 270 g/mol. The van der Waals surface area contributed by atoms with E-state index in [0.29, 0.717) is 17.9 Å². The van der Waals surface area contributed by atoms with Crippen LogP contribution < -0.4 is 10.6 Å². The van der Waals surface area contributed by atoms with E-state index in [1.165, 1.54) is 19.3 Å². The molecule has 3 aliphatic heterocycles. The maximum absolute atomic E-state index is 12.3. The molecule has 114 valence electrons. The molecule has 0 aromatic heterocycles. The van der Waals surface area contributed by atoms with Gasteiger partial charge < -0.3 is 5.32 Å². The summed E-state index contributed by atoms with van der Waals surface area (Å²) in [5.41, 5.74) is -0.294. The molecule has 5 fully saturated rings. The molecule has 5 rings (SSSR count). The van der Waals surface area contributed by atoms with Crippen molar-refractivity contribution in [1.29, 1.82) is 0 Å². The van der Waals surface area contributed by atoms with Crippen molar-refractivity contribution in [1.82, 2.24) is 15.5 Å². The van der Waals surface area contributed by atoms with Gasteiger partial charge in [0.2, 0.25) is 17.7 Å². The Labute approximate surface area is 123 Å². The van der Waals surface area contributed by atoms with Gasteiger partial charge in [-0.25, -0.2) is 0 Å². The zero-order valence-corrected chi connectivity index (χ0v) is 12.1. The molecule has 3 saturated heterocycles. The third kappa shape index (κ3) is 2.25. The summed E-state index contributed by atoms with van der Waals surface area (Å²) in [5.74, 6) is 0.744. The van der Waals surface area contributed by atoms with Crippen LogP contribution >= 0.6 is 0 Å². The van der Waals surface area contributed by atoms with Gasteiger partial charge >= 0.3 is 0 Å². The van der Waals surface area contributed by atoms with Gasteiger partial charge in [0, 0.05) is 18.9 Å². The monoisotopic (exact) mass is 291 g/mol. The summed E-state index contributed by atoms with van der Waals surface area (Å²) >= 11 is 0. The Hall–Kier alpha value is -1.43. The molecule has 4 bridgehead atoms. The molecule has 21 heavy (non-hydrogen) atoms. The molecule has 3 amide bonds. The van der Waals surface area contributed by atoms with E-state index in [1.54, 1.807) is 0 Å². The predicted octanol–water partition coefficient (Wildman–Crippen LogP) is 0.130. The Bertz CT molecular complexity index is 465. The van der Waals surface area contributed by atoms with Crippen LogP contribution in [0.25, 0.3) is 0 Å². The zero-order valence-electron chi connectivity index (χ0n) is 12.1. The molecule has 2 atom stereocenters. The average Bonchev–Trinajstić information content (AvgIpc) is 2.68. The van der Waals surface area contributed by atoms with Crippen molar-refractivity contribution in [3.63, 3.8) is 0 Å². The van der Waals surface area contributed by atoms with Crippen LogP contribution in [0.3, 0.4) is 0 Å². The fraction of sp³-hybridized carbons (Fsp3) is 0.800. The van der Waals surface area contributed by atoms with E-state index in [0.717, 1.165) is 17.7 Å². The largest absolute Gasteiger partial charge is 0.336 e. The van der Waals surface area contributed by atoms with E-state index < -0.39 is 0 Å². The second kappa shape index (κ2) is 4.53. The van der Waals surface area contributed by atoms with Gasteiger partial charge in [0.1, 0.15) is 6.54 Å². The Morgan fingerprint density at radius 1 is 1.14 bits per heavy atom. The number of hydrogen-bond donors (Lipinski definition) is 2. The van der Waals surface area contributed by atoms with E-state index in [-0.39, 0.29) is 42.8 Å². The molecule has 2 aliphatic carbocycles. The van der Waals surface area contributed by atoms with Crippen molar-refractivity contribution < 1.29 is 14.4 Å². The fourth-order valence-electron chi connectivity index (χ4n) is 4.98. The van der Waals surface area contributed by atoms with Crippen LogP contribution in [-0.2, 0) is 14.4 Å². The van der Waals surface area contributed by atoms with Crippen molar-refractivity contribution in [2.75, 3.05) is 6.54 Å². The highest BCUT2D eigenvalue weighted by atomic mass is 16.2. The summed E-state index contributed by atoms with van der Waals surface area (Å²) < 4.78 is 0. The minimum Gasteiger partial charge on any atom is -0.336 e. The van der Waals surface area contributed by atoms with E-state index in [1.807, 2.05) is 0 Å². The van der Waals surface area contributed by atoms with Gasteiger partial charge in [0.25, 0.3) is 0 Å². The number of carbonyl (C=O) groups excluding carboxylic acids is 3. The molecule has 2 N–H and O–H groups in total. The van der Waals surface area contributed by atoms with Gasteiger partial charge in [-0.3, -0.25) is 24.6 Å². The highest BCUT2D eigenvalue weighted by Gasteiger charge is 2.51. The Kier molecular flexibility index (Phi) is 2.86. The lowest BCUT2D eigenvalue weighted by Gasteiger charge is -2.57. The molecule has 6 heteroatoms. The van der Waals surface area contributed by atoms with Crippen molar-refractivity contribution in [3.8, 4) is 0 Å². The van der Waals surface area contributed by atoms with Crippen molar-refractivity contribution in [2.45, 2.75) is 56.7 Å². The van der Waals surface area contributed by atoms with Crippen molar-refractivity contribution in [3.05, 3.63) is 0 Å². The van der Waals surface area contributed by atoms with E-state index >= 15 is 0 Å². The van der Waals surface area contributed by atoms with Gasteiger partial charge in [-0.1, -0.05) is 0 Å². The van der Waals surface area contributed by atoms with E-state index in [4.69, 9.17) is 0 Å². The van der Waals surface area contributed by atoms with Gasteiger partial charge in [-0.2, -0.15) is 0 Å². The summed E-state index contributed by atoms with van der Waals surface area (Å²) in [7, 11) is 0. The Balaban J connectivity index is 1.42. The number of amides is 3. The number of hydrogen-bond acceptors (Lipinski definition) is 4. The second-order valence-corrected chi connectivity index (χ2v) is 7.19. The number of likely N-dealkylation sites (tertiary alicyclic amines) is 1. The lowest BCUT2D eigenvalue weighted by molar-refractivity contribution is -0.144. The SMILES string of the molecule is O=C(CN1C(=O)CCC1=O)NC12CC3CC(CC(C3)N1)C2. The molecule has 0 spiro atoms. The summed E-state index contributed by atoms with van der Waals surface area (Å²) in [6.07, 6.45) is 6.16. The maximum atomic E-state index is 12.3. The zero-order chi connectivity index (χ0) is 14.6. The molecule has 3 heterocycles. The highest BCUT2D eigenvalue weighted by molar-refractivity contribution is 6.04.